The van der Waals surface area contributed by atoms with Gasteiger partial charge in [0.05, 0.1) is 24.5 Å². The van der Waals surface area contributed by atoms with E-state index in [9.17, 15) is 4.79 Å². The van der Waals surface area contributed by atoms with Gasteiger partial charge in [-0.15, -0.1) is 11.6 Å². The SMILES string of the molecule is CCOC(=O)c1nc[nH]c1CCl. The van der Waals surface area contributed by atoms with Crippen molar-refractivity contribution in [3.05, 3.63) is 17.7 Å². The minimum Gasteiger partial charge on any atom is -0.461 e. The molecule has 0 aliphatic carbocycles. The van der Waals surface area contributed by atoms with Crippen molar-refractivity contribution in [1.29, 1.82) is 0 Å². The summed E-state index contributed by atoms with van der Waals surface area (Å²) in [5.74, 6) is -0.205. The molecule has 0 amide bonds. The molecule has 0 aliphatic rings. The average Bonchev–Trinajstić information content (AvgIpc) is 2.51. The van der Waals surface area contributed by atoms with Crippen molar-refractivity contribution >= 4 is 17.6 Å². The van der Waals surface area contributed by atoms with Crippen LogP contribution in [0.25, 0.3) is 0 Å². The van der Waals surface area contributed by atoms with E-state index < -0.39 is 5.97 Å². The highest BCUT2D eigenvalue weighted by Crippen LogP contribution is 2.07. The number of rotatable bonds is 3. The molecule has 12 heavy (non-hydrogen) atoms. The molecular weight excluding hydrogens is 180 g/mol. The fourth-order valence-electron chi connectivity index (χ4n) is 0.798. The Balaban J connectivity index is 2.79. The standard InChI is InChI=1S/C7H9ClN2O2/c1-2-12-7(11)6-5(3-8)9-4-10-6/h4H,2-3H2,1H3,(H,9,10). The van der Waals surface area contributed by atoms with Crippen LogP contribution in [-0.4, -0.2) is 22.5 Å². The van der Waals surface area contributed by atoms with Gasteiger partial charge in [0.2, 0.25) is 0 Å². The van der Waals surface area contributed by atoms with Gasteiger partial charge in [-0.05, 0) is 6.92 Å². The number of H-pyrrole nitrogens is 1. The lowest BCUT2D eigenvalue weighted by Gasteiger charge is -1.98. The van der Waals surface area contributed by atoms with Gasteiger partial charge in [-0.25, -0.2) is 9.78 Å². The summed E-state index contributed by atoms with van der Waals surface area (Å²) in [6, 6.07) is 0. The monoisotopic (exact) mass is 188 g/mol. The molecule has 0 aliphatic heterocycles. The van der Waals surface area contributed by atoms with Gasteiger partial charge in [0, 0.05) is 0 Å². The minimum absolute atomic E-state index is 0.230. The maximum absolute atomic E-state index is 11.1. The smallest absolute Gasteiger partial charge is 0.358 e. The molecule has 1 rings (SSSR count). The first-order chi connectivity index (χ1) is 5.79. The summed E-state index contributed by atoms with van der Waals surface area (Å²) in [6.45, 7) is 2.08. The van der Waals surface area contributed by atoms with Crippen molar-refractivity contribution in [2.45, 2.75) is 12.8 Å². The molecule has 0 bridgehead atoms. The third kappa shape index (κ3) is 1.76. The van der Waals surface area contributed by atoms with Crippen molar-refractivity contribution in [1.82, 2.24) is 9.97 Å². The first-order valence-corrected chi connectivity index (χ1v) is 4.08. The van der Waals surface area contributed by atoms with Crippen LogP contribution in [0.4, 0.5) is 0 Å². The Bertz CT molecular complexity index is 272. The van der Waals surface area contributed by atoms with Crippen LogP contribution in [0.3, 0.4) is 0 Å². The van der Waals surface area contributed by atoms with Crippen LogP contribution in [0.1, 0.15) is 23.1 Å². The largest absolute Gasteiger partial charge is 0.461 e. The van der Waals surface area contributed by atoms with Crippen LogP contribution in [0.2, 0.25) is 0 Å². The molecule has 0 unspecified atom stereocenters. The lowest BCUT2D eigenvalue weighted by Crippen LogP contribution is -2.07. The fourth-order valence-corrected chi connectivity index (χ4v) is 1.00. The van der Waals surface area contributed by atoms with E-state index in [1.54, 1.807) is 6.92 Å². The first-order valence-electron chi connectivity index (χ1n) is 3.55. The van der Waals surface area contributed by atoms with E-state index in [0.717, 1.165) is 0 Å². The molecule has 1 heterocycles. The lowest BCUT2D eigenvalue weighted by molar-refractivity contribution is 0.0519. The Morgan fingerprint density at radius 2 is 2.58 bits per heavy atom. The highest BCUT2D eigenvalue weighted by Gasteiger charge is 2.13. The molecule has 1 aromatic rings. The van der Waals surface area contributed by atoms with Gasteiger partial charge in [0.1, 0.15) is 0 Å². The topological polar surface area (TPSA) is 55.0 Å². The molecule has 0 saturated heterocycles. The number of aromatic amines is 1. The summed E-state index contributed by atoms with van der Waals surface area (Å²) in [5, 5.41) is 0. The average molecular weight is 189 g/mol. The Morgan fingerprint density at radius 1 is 1.83 bits per heavy atom. The van der Waals surface area contributed by atoms with Gasteiger partial charge in [-0.1, -0.05) is 0 Å². The minimum atomic E-state index is -0.436. The quantitative estimate of drug-likeness (QED) is 0.575. The normalized spacial score (nSPS) is 9.83. The van der Waals surface area contributed by atoms with Crippen LogP contribution < -0.4 is 0 Å². The fraction of sp³-hybridized carbons (Fsp3) is 0.429. The number of hydrogen-bond donors (Lipinski definition) is 1. The molecule has 0 saturated carbocycles. The highest BCUT2D eigenvalue weighted by molar-refractivity contribution is 6.17. The molecule has 4 nitrogen and oxygen atoms in total. The zero-order valence-corrected chi connectivity index (χ0v) is 7.39. The molecule has 0 aromatic carbocycles. The third-order valence-electron chi connectivity index (χ3n) is 1.32. The van der Waals surface area contributed by atoms with Crippen molar-refractivity contribution < 1.29 is 9.53 Å². The second-order valence-corrected chi connectivity index (χ2v) is 2.35. The molecule has 0 atom stereocenters. The molecule has 0 spiro atoms. The van der Waals surface area contributed by atoms with Crippen molar-refractivity contribution in [2.24, 2.45) is 0 Å². The van der Waals surface area contributed by atoms with Crippen molar-refractivity contribution in [3.63, 3.8) is 0 Å². The van der Waals surface area contributed by atoms with Gasteiger partial charge < -0.3 is 9.72 Å². The van der Waals surface area contributed by atoms with E-state index in [4.69, 9.17) is 16.3 Å². The van der Waals surface area contributed by atoms with E-state index >= 15 is 0 Å². The Labute approximate surface area is 74.9 Å². The molecule has 1 aromatic heterocycles. The summed E-state index contributed by atoms with van der Waals surface area (Å²) < 4.78 is 4.75. The van der Waals surface area contributed by atoms with E-state index in [1.807, 2.05) is 0 Å². The second-order valence-electron chi connectivity index (χ2n) is 2.08. The predicted molar refractivity (Wildman–Crippen MR) is 44.1 cm³/mol. The number of imidazole rings is 1. The first kappa shape index (κ1) is 9.06. The van der Waals surface area contributed by atoms with Gasteiger partial charge in [-0.2, -0.15) is 0 Å². The molecule has 5 heteroatoms. The Hall–Kier alpha value is -1.03. The number of carbonyl (C=O) groups excluding carboxylic acids is 1. The van der Waals surface area contributed by atoms with Crippen LogP contribution >= 0.6 is 11.6 Å². The number of nitrogens with zero attached hydrogens (tertiary/aromatic N) is 1. The molecule has 0 fully saturated rings. The number of aromatic nitrogens is 2. The summed E-state index contributed by atoms with van der Waals surface area (Å²) >= 11 is 5.54. The van der Waals surface area contributed by atoms with E-state index in [0.29, 0.717) is 12.3 Å². The third-order valence-corrected chi connectivity index (χ3v) is 1.59. The molecule has 0 radical (unpaired) electrons. The summed E-state index contributed by atoms with van der Waals surface area (Å²) in [5.41, 5.74) is 0.863. The highest BCUT2D eigenvalue weighted by atomic mass is 35.5. The Kier molecular flexibility index (Phi) is 3.10. The summed E-state index contributed by atoms with van der Waals surface area (Å²) in [4.78, 5) is 17.7. The number of nitrogens with one attached hydrogen (secondary N) is 1. The van der Waals surface area contributed by atoms with Gasteiger partial charge in [0.25, 0.3) is 0 Å². The van der Waals surface area contributed by atoms with Crippen LogP contribution in [0.15, 0.2) is 6.33 Å². The van der Waals surface area contributed by atoms with Gasteiger partial charge in [-0.3, -0.25) is 0 Å². The lowest BCUT2D eigenvalue weighted by atomic mass is 10.3. The summed E-state index contributed by atoms with van der Waals surface area (Å²) in [7, 11) is 0. The number of alkyl halides is 1. The number of ether oxygens (including phenoxy) is 1. The summed E-state index contributed by atoms with van der Waals surface area (Å²) in [6.07, 6.45) is 1.42. The molecular formula is C7H9ClN2O2. The van der Waals surface area contributed by atoms with Crippen LogP contribution in [0.5, 0.6) is 0 Å². The number of hydrogen-bond acceptors (Lipinski definition) is 3. The number of esters is 1. The number of carbonyl (C=O) groups is 1. The van der Waals surface area contributed by atoms with Crippen LogP contribution in [-0.2, 0) is 10.6 Å². The van der Waals surface area contributed by atoms with E-state index in [2.05, 4.69) is 9.97 Å². The van der Waals surface area contributed by atoms with E-state index in [-0.39, 0.29) is 11.6 Å². The van der Waals surface area contributed by atoms with Crippen molar-refractivity contribution in [3.8, 4) is 0 Å². The number of halogens is 1. The Morgan fingerprint density at radius 3 is 3.17 bits per heavy atom. The van der Waals surface area contributed by atoms with Gasteiger partial charge >= 0.3 is 5.97 Å². The van der Waals surface area contributed by atoms with E-state index in [1.165, 1.54) is 6.33 Å². The van der Waals surface area contributed by atoms with Gasteiger partial charge in [0.15, 0.2) is 5.69 Å². The zero-order valence-electron chi connectivity index (χ0n) is 6.63. The molecule has 1 N–H and O–H groups in total. The maximum atomic E-state index is 11.1. The van der Waals surface area contributed by atoms with Crippen molar-refractivity contribution in [2.75, 3.05) is 6.61 Å². The predicted octanol–water partition coefficient (Wildman–Crippen LogP) is 1.33. The maximum Gasteiger partial charge on any atom is 0.358 e. The van der Waals surface area contributed by atoms with Crippen LogP contribution in [0, 0.1) is 0 Å². The molecule has 66 valence electrons. The second kappa shape index (κ2) is 4.11. The zero-order chi connectivity index (χ0) is 8.97.